The Morgan fingerprint density at radius 1 is 0.857 bits per heavy atom. The van der Waals surface area contributed by atoms with Gasteiger partial charge in [0, 0.05) is 42.6 Å². The Labute approximate surface area is 210 Å². The summed E-state index contributed by atoms with van der Waals surface area (Å²) >= 11 is 5.92. The average molecular weight is 508 g/mol. The summed E-state index contributed by atoms with van der Waals surface area (Å²) in [6.07, 6.45) is 0. The molecule has 0 amide bonds. The summed E-state index contributed by atoms with van der Waals surface area (Å²) in [6, 6.07) is 24.5. The molecule has 0 aliphatic carbocycles. The lowest BCUT2D eigenvalue weighted by Gasteiger charge is -2.34. The van der Waals surface area contributed by atoms with Crippen LogP contribution in [0.1, 0.15) is 18.5 Å². The minimum Gasteiger partial charge on any atom is -0.363 e. The molecule has 0 saturated carbocycles. The van der Waals surface area contributed by atoms with Crippen LogP contribution in [0.2, 0.25) is 5.02 Å². The summed E-state index contributed by atoms with van der Waals surface area (Å²) in [7, 11) is -3.58. The number of hydrogen-bond acceptors (Lipinski definition) is 6. The molecule has 5 rings (SSSR count). The Bertz CT molecular complexity index is 1420. The molecule has 9 heteroatoms. The van der Waals surface area contributed by atoms with Crippen molar-refractivity contribution >= 4 is 44.3 Å². The highest BCUT2D eigenvalue weighted by Gasteiger charge is 2.29. The molecule has 1 atom stereocenters. The lowest BCUT2D eigenvalue weighted by atomic mass is 10.1. The van der Waals surface area contributed by atoms with Crippen molar-refractivity contribution in [3.05, 3.63) is 89.4 Å². The number of halogens is 1. The summed E-state index contributed by atoms with van der Waals surface area (Å²) < 4.78 is 27.6. The second kappa shape index (κ2) is 9.81. The lowest BCUT2D eigenvalue weighted by Crippen LogP contribution is -2.49. The number of rotatable bonds is 6. The average Bonchev–Trinajstić information content (AvgIpc) is 2.89. The van der Waals surface area contributed by atoms with E-state index < -0.39 is 10.0 Å². The van der Waals surface area contributed by atoms with E-state index >= 15 is 0 Å². The van der Waals surface area contributed by atoms with Gasteiger partial charge in [0.2, 0.25) is 16.0 Å². The molecule has 7 nitrogen and oxygen atoms in total. The third-order valence-electron chi connectivity index (χ3n) is 6.22. The number of piperazine rings is 1. The fourth-order valence-corrected chi connectivity index (χ4v) is 5.78. The van der Waals surface area contributed by atoms with Crippen molar-refractivity contribution in [1.29, 1.82) is 0 Å². The van der Waals surface area contributed by atoms with Crippen LogP contribution in [0.4, 0.5) is 11.8 Å². The van der Waals surface area contributed by atoms with Crippen molar-refractivity contribution in [1.82, 2.24) is 14.3 Å². The Kier molecular flexibility index (Phi) is 6.60. The molecule has 0 unspecified atom stereocenters. The van der Waals surface area contributed by atoms with Crippen LogP contribution < -0.4 is 10.2 Å². The number of nitrogens with one attached hydrogen (secondary N) is 1. The number of benzene rings is 3. The fourth-order valence-electron chi connectivity index (χ4n) is 4.23. The molecule has 1 N–H and O–H groups in total. The largest absolute Gasteiger partial charge is 0.363 e. The Hall–Kier alpha value is -3.20. The molecule has 1 aliphatic heterocycles. The number of hydrogen-bond donors (Lipinski definition) is 1. The van der Waals surface area contributed by atoms with Crippen molar-refractivity contribution < 1.29 is 8.42 Å². The number of para-hydroxylation sites is 1. The molecular formula is C26H26ClN5O2S. The number of fused-ring (bicyclic) bond motifs is 1. The molecule has 0 spiro atoms. The summed E-state index contributed by atoms with van der Waals surface area (Å²) in [6.45, 7) is 3.80. The molecule has 2 heterocycles. The molecule has 1 fully saturated rings. The van der Waals surface area contributed by atoms with Gasteiger partial charge in [0.25, 0.3) is 0 Å². The standard InChI is InChI=1S/C26H26ClN5O2S/c1-19(20-7-3-2-4-8-20)28-25-23-9-5-6-10-24(23)29-26(30-25)31-15-17-32(18-16-31)35(33,34)22-13-11-21(27)12-14-22/h2-14,19H,15-18H2,1H3,(H,28,29,30)/t19-/m0/s1. The van der Waals surface area contributed by atoms with Gasteiger partial charge in [-0.05, 0) is 48.9 Å². The maximum Gasteiger partial charge on any atom is 0.243 e. The van der Waals surface area contributed by atoms with E-state index in [4.69, 9.17) is 21.6 Å². The first-order valence-corrected chi connectivity index (χ1v) is 13.3. The van der Waals surface area contributed by atoms with Crippen molar-refractivity contribution in [2.75, 3.05) is 36.4 Å². The Morgan fingerprint density at radius 2 is 1.51 bits per heavy atom. The van der Waals surface area contributed by atoms with Gasteiger partial charge >= 0.3 is 0 Å². The van der Waals surface area contributed by atoms with Crippen molar-refractivity contribution in [2.24, 2.45) is 0 Å². The first-order valence-electron chi connectivity index (χ1n) is 11.5. The predicted octanol–water partition coefficient (Wildman–Crippen LogP) is 4.97. The van der Waals surface area contributed by atoms with Crippen molar-refractivity contribution in [2.45, 2.75) is 17.9 Å². The molecule has 0 bridgehead atoms. The maximum atomic E-state index is 13.0. The zero-order chi connectivity index (χ0) is 24.4. The first-order chi connectivity index (χ1) is 16.9. The topological polar surface area (TPSA) is 78.4 Å². The fraction of sp³-hybridized carbons (Fsp3) is 0.231. The molecular weight excluding hydrogens is 482 g/mol. The number of anilines is 2. The Morgan fingerprint density at radius 3 is 2.23 bits per heavy atom. The molecule has 1 aliphatic rings. The third kappa shape index (κ3) is 4.96. The number of nitrogens with zero attached hydrogens (tertiary/aromatic N) is 4. The van der Waals surface area contributed by atoms with Gasteiger partial charge in [0.1, 0.15) is 5.82 Å². The third-order valence-corrected chi connectivity index (χ3v) is 8.38. The zero-order valence-electron chi connectivity index (χ0n) is 19.3. The highest BCUT2D eigenvalue weighted by Crippen LogP contribution is 2.28. The van der Waals surface area contributed by atoms with Gasteiger partial charge in [-0.3, -0.25) is 0 Å². The van der Waals surface area contributed by atoms with Gasteiger partial charge < -0.3 is 10.2 Å². The highest BCUT2D eigenvalue weighted by atomic mass is 35.5. The minimum atomic E-state index is -3.58. The van der Waals surface area contributed by atoms with Crippen LogP contribution in [0, 0.1) is 0 Å². The molecule has 35 heavy (non-hydrogen) atoms. The number of aromatic nitrogens is 2. The lowest BCUT2D eigenvalue weighted by molar-refractivity contribution is 0.382. The maximum absolute atomic E-state index is 13.0. The van der Waals surface area contributed by atoms with Crippen LogP contribution >= 0.6 is 11.6 Å². The van der Waals surface area contributed by atoms with Gasteiger partial charge in [0.15, 0.2) is 0 Å². The van der Waals surface area contributed by atoms with E-state index in [0.717, 1.165) is 22.3 Å². The minimum absolute atomic E-state index is 0.0590. The molecule has 4 aromatic rings. The van der Waals surface area contributed by atoms with Gasteiger partial charge in [-0.2, -0.15) is 9.29 Å². The van der Waals surface area contributed by atoms with E-state index in [0.29, 0.717) is 37.1 Å². The highest BCUT2D eigenvalue weighted by molar-refractivity contribution is 7.89. The molecule has 1 saturated heterocycles. The van der Waals surface area contributed by atoms with E-state index in [1.165, 1.54) is 4.31 Å². The summed E-state index contributed by atoms with van der Waals surface area (Å²) in [5.41, 5.74) is 2.01. The van der Waals surface area contributed by atoms with E-state index in [9.17, 15) is 8.42 Å². The van der Waals surface area contributed by atoms with Gasteiger partial charge in [0.05, 0.1) is 10.4 Å². The SMILES string of the molecule is C[C@H](Nc1nc(N2CCN(S(=O)(=O)c3ccc(Cl)cc3)CC2)nc2ccccc12)c1ccccc1. The van der Waals surface area contributed by atoms with Gasteiger partial charge in [-0.15, -0.1) is 0 Å². The summed E-state index contributed by atoms with van der Waals surface area (Å²) in [5.74, 6) is 1.35. The normalized spacial score (nSPS) is 15.8. The summed E-state index contributed by atoms with van der Waals surface area (Å²) in [4.78, 5) is 11.9. The molecule has 1 aromatic heterocycles. The second-order valence-electron chi connectivity index (χ2n) is 8.51. The molecule has 0 radical (unpaired) electrons. The van der Waals surface area contributed by atoms with Crippen molar-refractivity contribution in [3.63, 3.8) is 0 Å². The first kappa shape index (κ1) is 23.5. The zero-order valence-corrected chi connectivity index (χ0v) is 20.9. The van der Waals surface area contributed by atoms with Crippen LogP contribution in [0.25, 0.3) is 10.9 Å². The van der Waals surface area contributed by atoms with Crippen LogP contribution in [0.3, 0.4) is 0 Å². The van der Waals surface area contributed by atoms with Crippen LogP contribution in [0.15, 0.2) is 83.8 Å². The monoisotopic (exact) mass is 507 g/mol. The van der Waals surface area contributed by atoms with Gasteiger partial charge in [-0.25, -0.2) is 13.4 Å². The van der Waals surface area contributed by atoms with E-state index in [2.05, 4.69) is 24.4 Å². The summed E-state index contributed by atoms with van der Waals surface area (Å²) in [5, 5.41) is 5.00. The quantitative estimate of drug-likeness (QED) is 0.397. The Balaban J connectivity index is 1.37. The number of sulfonamides is 1. The van der Waals surface area contributed by atoms with Crippen molar-refractivity contribution in [3.8, 4) is 0 Å². The van der Waals surface area contributed by atoms with Crippen LogP contribution in [-0.2, 0) is 10.0 Å². The smallest absolute Gasteiger partial charge is 0.243 e. The van der Waals surface area contributed by atoms with Crippen LogP contribution in [0.5, 0.6) is 0 Å². The molecule has 3 aromatic carbocycles. The van der Waals surface area contributed by atoms with Crippen LogP contribution in [-0.4, -0.2) is 48.9 Å². The predicted molar refractivity (Wildman–Crippen MR) is 140 cm³/mol. The van der Waals surface area contributed by atoms with E-state index in [1.807, 2.05) is 47.4 Å². The van der Waals surface area contributed by atoms with E-state index in [-0.39, 0.29) is 10.9 Å². The second-order valence-corrected chi connectivity index (χ2v) is 10.9. The molecule has 180 valence electrons. The van der Waals surface area contributed by atoms with E-state index in [1.54, 1.807) is 24.3 Å². The van der Waals surface area contributed by atoms with Gasteiger partial charge in [-0.1, -0.05) is 54.1 Å².